The molecule has 1 heterocycles. The van der Waals surface area contributed by atoms with Gasteiger partial charge in [-0.15, -0.1) is 11.8 Å². The number of nitrogens with one attached hydrogen (secondary N) is 2. The van der Waals surface area contributed by atoms with E-state index in [4.69, 9.17) is 5.26 Å². The van der Waals surface area contributed by atoms with E-state index < -0.39 is 5.91 Å². The van der Waals surface area contributed by atoms with Crippen LogP contribution in [-0.4, -0.2) is 27.3 Å². The zero-order valence-corrected chi connectivity index (χ0v) is 19.0. The Morgan fingerprint density at radius 2 is 1.59 bits per heavy atom. The lowest BCUT2D eigenvalue weighted by molar-refractivity contribution is -0.119. The van der Waals surface area contributed by atoms with E-state index in [1.807, 2.05) is 72.8 Å². The number of nitriles is 1. The molecule has 0 radical (unpaired) electrons. The summed E-state index contributed by atoms with van der Waals surface area (Å²) in [6, 6.07) is 28.2. The first-order valence-electron chi connectivity index (χ1n) is 10.5. The lowest BCUT2D eigenvalue weighted by Gasteiger charge is -2.07. The molecule has 0 aliphatic carbocycles. The van der Waals surface area contributed by atoms with E-state index in [0.29, 0.717) is 22.6 Å². The molecule has 7 nitrogen and oxygen atoms in total. The fourth-order valence-corrected chi connectivity index (χ4v) is 4.02. The minimum atomic E-state index is -0.452. The number of hydrogen-bond donors (Lipinski definition) is 2. The molecule has 0 atom stereocenters. The van der Waals surface area contributed by atoms with Crippen LogP contribution in [0.2, 0.25) is 0 Å². The Balaban J connectivity index is 1.39. The first-order chi connectivity index (χ1) is 16.6. The van der Waals surface area contributed by atoms with Crippen molar-refractivity contribution in [2.24, 2.45) is 0 Å². The topological polar surface area (TPSA) is 99.8 Å². The summed E-state index contributed by atoms with van der Waals surface area (Å²) in [5, 5.41) is 13.5. The Morgan fingerprint density at radius 1 is 0.912 bits per heavy atom. The summed E-state index contributed by atoms with van der Waals surface area (Å²) < 4.78 is 1.65. The van der Waals surface area contributed by atoms with Gasteiger partial charge in [-0.1, -0.05) is 60.7 Å². The third kappa shape index (κ3) is 5.71. The molecule has 0 unspecified atom stereocenters. The summed E-state index contributed by atoms with van der Waals surface area (Å²) in [4.78, 5) is 25.2. The van der Waals surface area contributed by atoms with Crippen molar-refractivity contribution in [1.82, 2.24) is 20.6 Å². The molecule has 8 heteroatoms. The monoisotopic (exact) mass is 467 g/mol. The van der Waals surface area contributed by atoms with Crippen molar-refractivity contribution in [2.75, 3.05) is 5.75 Å². The van der Waals surface area contributed by atoms with Crippen LogP contribution >= 0.6 is 11.8 Å². The predicted molar refractivity (Wildman–Crippen MR) is 132 cm³/mol. The van der Waals surface area contributed by atoms with Crippen molar-refractivity contribution in [3.05, 3.63) is 108 Å². The highest BCUT2D eigenvalue weighted by Crippen LogP contribution is 2.23. The highest BCUT2D eigenvalue weighted by molar-refractivity contribution is 7.99. The lowest BCUT2D eigenvalue weighted by Crippen LogP contribution is -2.42. The number of rotatable bonds is 7. The summed E-state index contributed by atoms with van der Waals surface area (Å²) in [7, 11) is 0. The molecule has 0 saturated heterocycles. The molecule has 0 spiro atoms. The van der Waals surface area contributed by atoms with Gasteiger partial charge in [-0.25, -0.2) is 4.68 Å². The SMILES string of the molecule is N#Cc1ccc(CSCC(=O)NNC(=O)c2cn(-c3ccccc3)nc2-c2ccccc2)cc1. The van der Waals surface area contributed by atoms with E-state index in [9.17, 15) is 9.59 Å². The smallest absolute Gasteiger partial charge is 0.272 e. The van der Waals surface area contributed by atoms with Gasteiger partial charge in [-0.2, -0.15) is 10.4 Å². The zero-order valence-electron chi connectivity index (χ0n) is 18.1. The maximum atomic E-state index is 12.9. The molecule has 168 valence electrons. The first-order valence-corrected chi connectivity index (χ1v) is 11.7. The Morgan fingerprint density at radius 3 is 2.26 bits per heavy atom. The highest BCUT2D eigenvalue weighted by atomic mass is 32.2. The standard InChI is InChI=1S/C26H21N5O2S/c27-15-19-11-13-20(14-12-19)17-34-18-24(32)28-29-26(33)23-16-31(22-9-5-2-6-10-22)30-25(23)21-7-3-1-4-8-21/h1-14,16H,17-18H2,(H,28,32)(H,29,33). The predicted octanol–water partition coefficient (Wildman–Crippen LogP) is 4.11. The van der Waals surface area contributed by atoms with E-state index in [2.05, 4.69) is 22.0 Å². The van der Waals surface area contributed by atoms with Crippen LogP contribution in [0.4, 0.5) is 0 Å². The van der Waals surface area contributed by atoms with Gasteiger partial charge in [0.2, 0.25) is 5.91 Å². The maximum absolute atomic E-state index is 12.9. The summed E-state index contributed by atoms with van der Waals surface area (Å²) in [6.45, 7) is 0. The molecule has 4 rings (SSSR count). The number of benzene rings is 3. The minimum Gasteiger partial charge on any atom is -0.272 e. The Labute approximate surface area is 201 Å². The van der Waals surface area contributed by atoms with E-state index in [-0.39, 0.29) is 11.7 Å². The number of amides is 2. The second-order valence-corrected chi connectivity index (χ2v) is 8.33. The number of thioether (sulfide) groups is 1. The van der Waals surface area contributed by atoms with E-state index in [1.54, 1.807) is 23.0 Å². The van der Waals surface area contributed by atoms with Gasteiger partial charge in [-0.3, -0.25) is 20.4 Å². The third-order valence-corrected chi connectivity index (χ3v) is 5.93. The van der Waals surface area contributed by atoms with Crippen molar-refractivity contribution in [3.8, 4) is 23.0 Å². The van der Waals surface area contributed by atoms with Crippen LogP contribution in [0.25, 0.3) is 16.9 Å². The number of nitrogens with zero attached hydrogens (tertiary/aromatic N) is 3. The molecular formula is C26H21N5O2S. The molecule has 0 fully saturated rings. The van der Waals surface area contributed by atoms with Gasteiger partial charge in [0.1, 0.15) is 5.69 Å². The third-order valence-electron chi connectivity index (χ3n) is 4.93. The molecule has 4 aromatic rings. The van der Waals surface area contributed by atoms with Crippen LogP contribution in [0.15, 0.2) is 91.1 Å². The van der Waals surface area contributed by atoms with Crippen LogP contribution in [-0.2, 0) is 10.5 Å². The summed E-state index contributed by atoms with van der Waals surface area (Å²) in [6.07, 6.45) is 1.65. The second kappa shape index (κ2) is 11.0. The first kappa shape index (κ1) is 22.8. The number of aromatic nitrogens is 2. The van der Waals surface area contributed by atoms with Crippen molar-refractivity contribution < 1.29 is 9.59 Å². The molecular weight excluding hydrogens is 446 g/mol. The zero-order chi connectivity index (χ0) is 23.8. The van der Waals surface area contributed by atoms with Crippen LogP contribution in [0.3, 0.4) is 0 Å². The summed E-state index contributed by atoms with van der Waals surface area (Å²) in [5.74, 6) is 0.0275. The van der Waals surface area contributed by atoms with Crippen molar-refractivity contribution in [2.45, 2.75) is 5.75 Å². The Hall–Kier alpha value is -4.35. The van der Waals surface area contributed by atoms with Gasteiger partial charge in [0.25, 0.3) is 5.91 Å². The molecule has 2 amide bonds. The molecule has 3 aromatic carbocycles. The Kier molecular flexibility index (Phi) is 7.38. The molecule has 34 heavy (non-hydrogen) atoms. The van der Waals surface area contributed by atoms with Gasteiger partial charge in [0, 0.05) is 17.5 Å². The van der Waals surface area contributed by atoms with E-state index in [1.165, 1.54) is 11.8 Å². The minimum absolute atomic E-state index is 0.176. The number of carbonyl (C=O) groups is 2. The van der Waals surface area contributed by atoms with E-state index >= 15 is 0 Å². The number of para-hydroxylation sites is 1. The van der Waals surface area contributed by atoms with Gasteiger partial charge >= 0.3 is 0 Å². The van der Waals surface area contributed by atoms with Crippen molar-refractivity contribution >= 4 is 23.6 Å². The van der Waals surface area contributed by atoms with Gasteiger partial charge < -0.3 is 0 Å². The molecule has 0 bridgehead atoms. The van der Waals surface area contributed by atoms with Crippen molar-refractivity contribution in [3.63, 3.8) is 0 Å². The number of hydrogen-bond acceptors (Lipinski definition) is 5. The fourth-order valence-electron chi connectivity index (χ4n) is 3.23. The molecule has 2 N–H and O–H groups in total. The molecule has 0 aliphatic rings. The van der Waals surface area contributed by atoms with Gasteiger partial charge in [0.15, 0.2) is 0 Å². The van der Waals surface area contributed by atoms with Crippen LogP contribution in [0, 0.1) is 11.3 Å². The maximum Gasteiger partial charge on any atom is 0.273 e. The molecule has 0 saturated carbocycles. The quantitative estimate of drug-likeness (QED) is 0.399. The van der Waals surface area contributed by atoms with Crippen LogP contribution in [0.1, 0.15) is 21.5 Å². The van der Waals surface area contributed by atoms with Crippen LogP contribution in [0.5, 0.6) is 0 Å². The molecule has 0 aliphatic heterocycles. The molecule has 1 aromatic heterocycles. The van der Waals surface area contributed by atoms with E-state index in [0.717, 1.165) is 16.8 Å². The second-order valence-electron chi connectivity index (χ2n) is 7.34. The summed E-state index contributed by atoms with van der Waals surface area (Å²) >= 11 is 1.41. The Bertz CT molecular complexity index is 1310. The summed E-state index contributed by atoms with van der Waals surface area (Å²) in [5.41, 5.74) is 9.07. The number of hydrazine groups is 1. The fraction of sp³-hybridized carbons (Fsp3) is 0.0769. The largest absolute Gasteiger partial charge is 0.273 e. The highest BCUT2D eigenvalue weighted by Gasteiger charge is 2.19. The average Bonchev–Trinajstić information content (AvgIpc) is 3.34. The van der Waals surface area contributed by atoms with Gasteiger partial charge in [0.05, 0.1) is 28.6 Å². The average molecular weight is 468 g/mol. The van der Waals surface area contributed by atoms with Crippen molar-refractivity contribution in [1.29, 1.82) is 5.26 Å². The lowest BCUT2D eigenvalue weighted by atomic mass is 10.1. The van der Waals surface area contributed by atoms with Crippen LogP contribution < -0.4 is 10.9 Å². The normalized spacial score (nSPS) is 10.3. The number of carbonyl (C=O) groups excluding carboxylic acids is 2. The van der Waals surface area contributed by atoms with Gasteiger partial charge in [-0.05, 0) is 29.8 Å².